The van der Waals surface area contributed by atoms with Gasteiger partial charge in [-0.1, -0.05) is 23.7 Å². The Morgan fingerprint density at radius 1 is 1.22 bits per heavy atom. The second-order valence-electron chi connectivity index (χ2n) is 6.02. The van der Waals surface area contributed by atoms with Crippen molar-refractivity contribution in [3.8, 4) is 0 Å². The standard InChI is InChI=1S/C17H18ClN3O4S2/c18-12-4-1-5-13(10-12)20-17(23)16(22)19-11-14-6-2-8-21(14)27(24,25)15-7-3-9-26-15/h1,3-5,7,9-10,14H,2,6,8,11H2,(H,19,22)(H,20,23). The van der Waals surface area contributed by atoms with E-state index in [-0.39, 0.29) is 16.8 Å². The van der Waals surface area contributed by atoms with Crippen molar-refractivity contribution in [3.05, 3.63) is 46.8 Å². The minimum Gasteiger partial charge on any atom is -0.346 e. The van der Waals surface area contributed by atoms with Gasteiger partial charge in [-0.05, 0) is 42.5 Å². The molecule has 2 aromatic rings. The smallest absolute Gasteiger partial charge is 0.313 e. The minimum atomic E-state index is -3.58. The lowest BCUT2D eigenvalue weighted by Crippen LogP contribution is -2.45. The van der Waals surface area contributed by atoms with Crippen LogP contribution in [0.15, 0.2) is 46.0 Å². The van der Waals surface area contributed by atoms with Crippen LogP contribution in [-0.2, 0) is 19.6 Å². The molecule has 0 radical (unpaired) electrons. The fraction of sp³-hybridized carbons (Fsp3) is 0.294. The molecule has 1 unspecified atom stereocenters. The average molecular weight is 428 g/mol. The van der Waals surface area contributed by atoms with E-state index in [2.05, 4.69) is 10.6 Å². The Hall–Kier alpha value is -1.94. The van der Waals surface area contributed by atoms with Gasteiger partial charge in [0.05, 0.1) is 0 Å². The summed E-state index contributed by atoms with van der Waals surface area (Å²) in [7, 11) is -3.58. The Bertz CT molecular complexity index is 931. The molecule has 1 aromatic carbocycles. The molecule has 0 bridgehead atoms. The van der Waals surface area contributed by atoms with Crippen molar-refractivity contribution in [2.45, 2.75) is 23.1 Å². The Labute approximate surface area is 166 Å². The highest BCUT2D eigenvalue weighted by atomic mass is 35.5. The number of carbonyl (C=O) groups is 2. The van der Waals surface area contributed by atoms with Crippen LogP contribution < -0.4 is 10.6 Å². The lowest BCUT2D eigenvalue weighted by Gasteiger charge is -2.23. The third-order valence-corrected chi connectivity index (χ3v) is 7.73. The second-order valence-corrected chi connectivity index (χ2v) is 9.52. The van der Waals surface area contributed by atoms with Crippen molar-refractivity contribution in [1.29, 1.82) is 0 Å². The molecule has 3 rings (SSSR count). The molecule has 7 nitrogen and oxygen atoms in total. The zero-order valence-electron chi connectivity index (χ0n) is 14.2. The number of sulfonamides is 1. The van der Waals surface area contributed by atoms with Gasteiger partial charge in [0.1, 0.15) is 4.21 Å². The second kappa shape index (κ2) is 8.39. The molecule has 1 aliphatic heterocycles. The zero-order chi connectivity index (χ0) is 19.4. The molecule has 0 spiro atoms. The van der Waals surface area contributed by atoms with Crippen LogP contribution in [0.2, 0.25) is 5.02 Å². The average Bonchev–Trinajstić information content (AvgIpc) is 3.31. The quantitative estimate of drug-likeness (QED) is 0.716. The lowest BCUT2D eigenvalue weighted by atomic mass is 10.2. The number of thiophene rings is 1. The van der Waals surface area contributed by atoms with Gasteiger partial charge >= 0.3 is 11.8 Å². The van der Waals surface area contributed by atoms with Gasteiger partial charge in [0.15, 0.2) is 0 Å². The molecular formula is C17H18ClN3O4S2. The van der Waals surface area contributed by atoms with E-state index in [1.165, 1.54) is 10.4 Å². The van der Waals surface area contributed by atoms with E-state index in [0.29, 0.717) is 30.1 Å². The van der Waals surface area contributed by atoms with Gasteiger partial charge in [-0.2, -0.15) is 4.31 Å². The molecule has 2 amide bonds. The number of hydrogen-bond donors (Lipinski definition) is 2. The van der Waals surface area contributed by atoms with Gasteiger partial charge in [0.25, 0.3) is 10.0 Å². The van der Waals surface area contributed by atoms with Crippen molar-refractivity contribution in [2.24, 2.45) is 0 Å². The first-order chi connectivity index (χ1) is 12.9. The summed E-state index contributed by atoms with van der Waals surface area (Å²) < 4.78 is 27.1. The van der Waals surface area contributed by atoms with Crippen molar-refractivity contribution < 1.29 is 18.0 Å². The highest BCUT2D eigenvalue weighted by molar-refractivity contribution is 7.91. The van der Waals surface area contributed by atoms with Crippen LogP contribution in [0.25, 0.3) is 0 Å². The molecule has 1 aromatic heterocycles. The monoisotopic (exact) mass is 427 g/mol. The van der Waals surface area contributed by atoms with Gasteiger partial charge in [0, 0.05) is 29.8 Å². The fourth-order valence-corrected chi connectivity index (χ4v) is 5.90. The summed E-state index contributed by atoms with van der Waals surface area (Å²) in [6.07, 6.45) is 1.33. The highest BCUT2D eigenvalue weighted by Gasteiger charge is 2.36. The SMILES string of the molecule is O=C(NCC1CCCN1S(=O)(=O)c1cccs1)C(=O)Nc1cccc(Cl)c1. The van der Waals surface area contributed by atoms with Gasteiger partial charge in [-0.15, -0.1) is 11.3 Å². The van der Waals surface area contributed by atoms with Crippen molar-refractivity contribution in [3.63, 3.8) is 0 Å². The first-order valence-corrected chi connectivity index (χ1v) is 11.0. The number of nitrogens with one attached hydrogen (secondary N) is 2. The normalized spacial score (nSPS) is 17.6. The maximum Gasteiger partial charge on any atom is 0.313 e. The molecule has 2 heterocycles. The summed E-state index contributed by atoms with van der Waals surface area (Å²) in [4.78, 5) is 24.0. The summed E-state index contributed by atoms with van der Waals surface area (Å²) in [5, 5.41) is 7.12. The summed E-state index contributed by atoms with van der Waals surface area (Å²) in [6, 6.07) is 9.32. The minimum absolute atomic E-state index is 0.0758. The maximum absolute atomic E-state index is 12.7. The molecule has 1 saturated heterocycles. The predicted octanol–water partition coefficient (Wildman–Crippen LogP) is 2.31. The van der Waals surface area contributed by atoms with E-state index in [1.54, 1.807) is 35.7 Å². The van der Waals surface area contributed by atoms with E-state index in [0.717, 1.165) is 11.3 Å². The number of amides is 2. The first-order valence-electron chi connectivity index (χ1n) is 8.28. The van der Waals surface area contributed by atoms with Crippen molar-refractivity contribution in [1.82, 2.24) is 9.62 Å². The molecule has 1 aliphatic rings. The van der Waals surface area contributed by atoms with Gasteiger partial charge < -0.3 is 10.6 Å². The number of halogens is 1. The zero-order valence-corrected chi connectivity index (χ0v) is 16.6. The largest absolute Gasteiger partial charge is 0.346 e. The van der Waals surface area contributed by atoms with Crippen LogP contribution in [0, 0.1) is 0 Å². The summed E-state index contributed by atoms with van der Waals surface area (Å²) >= 11 is 7.00. The molecule has 0 saturated carbocycles. The Kier molecular flexibility index (Phi) is 6.15. The maximum atomic E-state index is 12.7. The van der Waals surface area contributed by atoms with E-state index >= 15 is 0 Å². The van der Waals surface area contributed by atoms with E-state index in [1.807, 2.05) is 0 Å². The topological polar surface area (TPSA) is 95.6 Å². The number of rotatable bonds is 5. The van der Waals surface area contributed by atoms with Gasteiger partial charge in [0.2, 0.25) is 0 Å². The predicted molar refractivity (Wildman–Crippen MR) is 104 cm³/mol. The molecule has 144 valence electrons. The Morgan fingerprint density at radius 2 is 2.04 bits per heavy atom. The number of anilines is 1. The van der Waals surface area contributed by atoms with Crippen LogP contribution in [-0.4, -0.2) is 43.7 Å². The summed E-state index contributed by atoms with van der Waals surface area (Å²) in [5.74, 6) is -1.65. The molecule has 10 heteroatoms. The Balaban J connectivity index is 1.58. The van der Waals surface area contributed by atoms with E-state index in [4.69, 9.17) is 11.6 Å². The third kappa shape index (κ3) is 4.67. The van der Waals surface area contributed by atoms with E-state index < -0.39 is 21.8 Å². The fourth-order valence-electron chi connectivity index (χ4n) is 2.90. The van der Waals surface area contributed by atoms with Crippen LogP contribution in [0.4, 0.5) is 5.69 Å². The molecule has 27 heavy (non-hydrogen) atoms. The molecule has 2 N–H and O–H groups in total. The first kappa shape index (κ1) is 19.8. The van der Waals surface area contributed by atoms with Crippen LogP contribution >= 0.6 is 22.9 Å². The van der Waals surface area contributed by atoms with Crippen molar-refractivity contribution >= 4 is 50.5 Å². The summed E-state index contributed by atoms with van der Waals surface area (Å²) in [6.45, 7) is 0.474. The number of hydrogen-bond acceptors (Lipinski definition) is 5. The van der Waals surface area contributed by atoms with E-state index in [9.17, 15) is 18.0 Å². The van der Waals surface area contributed by atoms with Crippen LogP contribution in [0.1, 0.15) is 12.8 Å². The summed E-state index contributed by atoms with van der Waals surface area (Å²) in [5.41, 5.74) is 0.408. The Morgan fingerprint density at radius 3 is 2.74 bits per heavy atom. The molecular weight excluding hydrogens is 410 g/mol. The highest BCUT2D eigenvalue weighted by Crippen LogP contribution is 2.28. The number of nitrogens with zero attached hydrogens (tertiary/aromatic N) is 1. The molecule has 1 atom stereocenters. The van der Waals surface area contributed by atoms with Gasteiger partial charge in [-0.25, -0.2) is 8.42 Å². The number of benzene rings is 1. The molecule has 0 aliphatic carbocycles. The van der Waals surface area contributed by atoms with Gasteiger partial charge in [-0.3, -0.25) is 9.59 Å². The van der Waals surface area contributed by atoms with Crippen molar-refractivity contribution in [2.75, 3.05) is 18.4 Å². The number of carbonyl (C=O) groups excluding carboxylic acids is 2. The van der Waals surface area contributed by atoms with Crippen LogP contribution in [0.3, 0.4) is 0 Å². The van der Waals surface area contributed by atoms with Crippen LogP contribution in [0.5, 0.6) is 0 Å². The lowest BCUT2D eigenvalue weighted by molar-refractivity contribution is -0.136. The molecule has 1 fully saturated rings. The third-order valence-electron chi connectivity index (χ3n) is 4.17.